The standard InChI is InChI=1S/C9H16N4O2S/c1-3-11-9-13-7(10)6(16-9)8(14)12-4-5-15-2/h3-5,10H2,1-2H3,(H,11,13)(H,12,14). The number of carbonyl (C=O) groups is 1. The Morgan fingerprint density at radius 3 is 3.00 bits per heavy atom. The van der Waals surface area contributed by atoms with E-state index in [4.69, 9.17) is 10.5 Å². The SMILES string of the molecule is CCNc1nc(N)c(C(=O)NCCOC)s1. The molecule has 0 saturated heterocycles. The van der Waals surface area contributed by atoms with Crippen molar-refractivity contribution in [3.05, 3.63) is 4.88 Å². The molecule has 0 atom stereocenters. The Kier molecular flexibility index (Phi) is 5.00. The fourth-order valence-corrected chi connectivity index (χ4v) is 1.94. The molecule has 0 aliphatic heterocycles. The van der Waals surface area contributed by atoms with Crippen LogP contribution in [0.15, 0.2) is 0 Å². The summed E-state index contributed by atoms with van der Waals surface area (Å²) in [6.45, 7) is 3.64. The van der Waals surface area contributed by atoms with Crippen LogP contribution in [0, 0.1) is 0 Å². The Morgan fingerprint density at radius 1 is 1.62 bits per heavy atom. The van der Waals surface area contributed by atoms with Crippen LogP contribution in [0.25, 0.3) is 0 Å². The van der Waals surface area contributed by atoms with E-state index < -0.39 is 0 Å². The van der Waals surface area contributed by atoms with Gasteiger partial charge >= 0.3 is 0 Å². The van der Waals surface area contributed by atoms with Crippen molar-refractivity contribution in [3.8, 4) is 0 Å². The number of nitrogens with zero attached hydrogens (tertiary/aromatic N) is 1. The van der Waals surface area contributed by atoms with Gasteiger partial charge in [0.25, 0.3) is 5.91 Å². The molecule has 0 saturated carbocycles. The Hall–Kier alpha value is -1.34. The van der Waals surface area contributed by atoms with Gasteiger partial charge in [0.2, 0.25) is 0 Å². The number of nitrogens with two attached hydrogens (primary N) is 1. The van der Waals surface area contributed by atoms with Gasteiger partial charge in [-0.15, -0.1) is 0 Å². The van der Waals surface area contributed by atoms with Crippen molar-refractivity contribution in [2.24, 2.45) is 0 Å². The number of methoxy groups -OCH3 is 1. The zero-order valence-corrected chi connectivity index (χ0v) is 10.2. The van der Waals surface area contributed by atoms with Crippen LogP contribution in [-0.2, 0) is 4.74 Å². The number of amides is 1. The number of aromatic nitrogens is 1. The molecular weight excluding hydrogens is 228 g/mol. The summed E-state index contributed by atoms with van der Waals surface area (Å²) in [6, 6.07) is 0. The summed E-state index contributed by atoms with van der Waals surface area (Å²) in [4.78, 5) is 16.1. The smallest absolute Gasteiger partial charge is 0.265 e. The number of thiazole rings is 1. The Morgan fingerprint density at radius 2 is 2.38 bits per heavy atom. The third-order valence-corrected chi connectivity index (χ3v) is 2.81. The molecule has 0 aliphatic rings. The number of hydrogen-bond acceptors (Lipinski definition) is 6. The Bertz CT molecular complexity index is 353. The van der Waals surface area contributed by atoms with Crippen molar-refractivity contribution in [2.45, 2.75) is 6.92 Å². The van der Waals surface area contributed by atoms with Crippen LogP contribution in [0.2, 0.25) is 0 Å². The van der Waals surface area contributed by atoms with E-state index >= 15 is 0 Å². The predicted octanol–water partition coefficient (Wildman–Crippen LogP) is 0.533. The number of nitrogens with one attached hydrogen (secondary N) is 2. The number of anilines is 2. The van der Waals surface area contributed by atoms with E-state index in [1.165, 1.54) is 11.3 Å². The molecule has 1 rings (SSSR count). The second kappa shape index (κ2) is 6.29. The summed E-state index contributed by atoms with van der Waals surface area (Å²) in [5.74, 6) is 0.0482. The molecule has 7 heteroatoms. The van der Waals surface area contributed by atoms with Gasteiger partial charge in [-0.3, -0.25) is 4.79 Å². The van der Waals surface area contributed by atoms with E-state index in [0.29, 0.717) is 23.2 Å². The number of ether oxygens (including phenoxy) is 1. The minimum Gasteiger partial charge on any atom is -0.383 e. The van der Waals surface area contributed by atoms with Crippen molar-refractivity contribution in [3.63, 3.8) is 0 Å². The minimum absolute atomic E-state index is 0.212. The van der Waals surface area contributed by atoms with Gasteiger partial charge in [-0.2, -0.15) is 0 Å². The number of nitrogen functional groups attached to an aromatic ring is 1. The molecule has 90 valence electrons. The second-order valence-electron chi connectivity index (χ2n) is 3.01. The Balaban J connectivity index is 2.60. The van der Waals surface area contributed by atoms with Gasteiger partial charge < -0.3 is 21.1 Å². The number of rotatable bonds is 6. The minimum atomic E-state index is -0.212. The lowest BCUT2D eigenvalue weighted by Crippen LogP contribution is -2.26. The largest absolute Gasteiger partial charge is 0.383 e. The van der Waals surface area contributed by atoms with Crippen LogP contribution in [0.5, 0.6) is 0 Å². The van der Waals surface area contributed by atoms with Gasteiger partial charge in [-0.25, -0.2) is 4.98 Å². The summed E-state index contributed by atoms with van der Waals surface area (Å²) in [7, 11) is 1.58. The summed E-state index contributed by atoms with van der Waals surface area (Å²) in [5, 5.41) is 6.37. The average Bonchev–Trinajstić information content (AvgIpc) is 2.60. The molecular formula is C9H16N4O2S. The topological polar surface area (TPSA) is 89.3 Å². The molecule has 0 fully saturated rings. The lowest BCUT2D eigenvalue weighted by molar-refractivity contribution is 0.0942. The van der Waals surface area contributed by atoms with Crippen molar-refractivity contribution in [2.75, 3.05) is 37.9 Å². The van der Waals surface area contributed by atoms with E-state index in [9.17, 15) is 4.79 Å². The highest BCUT2D eigenvalue weighted by atomic mass is 32.1. The lowest BCUT2D eigenvalue weighted by Gasteiger charge is -2.01. The summed E-state index contributed by atoms with van der Waals surface area (Å²) in [5.41, 5.74) is 5.64. The van der Waals surface area contributed by atoms with Crippen LogP contribution in [-0.4, -0.2) is 37.7 Å². The maximum Gasteiger partial charge on any atom is 0.265 e. The summed E-state index contributed by atoms with van der Waals surface area (Å²) >= 11 is 1.25. The van der Waals surface area contributed by atoms with Crippen molar-refractivity contribution in [1.29, 1.82) is 0 Å². The molecule has 1 aromatic heterocycles. The fourth-order valence-electron chi connectivity index (χ4n) is 1.07. The predicted molar refractivity (Wildman–Crippen MR) is 64.9 cm³/mol. The highest BCUT2D eigenvalue weighted by Crippen LogP contribution is 2.24. The highest BCUT2D eigenvalue weighted by Gasteiger charge is 2.15. The van der Waals surface area contributed by atoms with E-state index in [-0.39, 0.29) is 11.7 Å². The zero-order valence-electron chi connectivity index (χ0n) is 9.37. The maximum atomic E-state index is 11.7. The zero-order chi connectivity index (χ0) is 12.0. The van der Waals surface area contributed by atoms with Crippen LogP contribution in [0.4, 0.5) is 10.9 Å². The molecule has 6 nitrogen and oxygen atoms in total. The van der Waals surface area contributed by atoms with E-state index in [1.807, 2.05) is 6.92 Å². The molecule has 1 amide bonds. The third-order valence-electron chi connectivity index (χ3n) is 1.78. The molecule has 0 bridgehead atoms. The monoisotopic (exact) mass is 244 g/mol. The van der Waals surface area contributed by atoms with Gasteiger partial charge in [0.15, 0.2) is 5.13 Å². The van der Waals surface area contributed by atoms with Crippen LogP contribution in [0.3, 0.4) is 0 Å². The van der Waals surface area contributed by atoms with Crippen molar-refractivity contribution >= 4 is 28.2 Å². The molecule has 0 aliphatic carbocycles. The van der Waals surface area contributed by atoms with Gasteiger partial charge in [-0.05, 0) is 6.92 Å². The van der Waals surface area contributed by atoms with Crippen LogP contribution >= 0.6 is 11.3 Å². The second-order valence-corrected chi connectivity index (χ2v) is 4.01. The fraction of sp³-hybridized carbons (Fsp3) is 0.556. The first kappa shape index (κ1) is 12.7. The third kappa shape index (κ3) is 3.35. The van der Waals surface area contributed by atoms with Crippen LogP contribution in [0.1, 0.15) is 16.6 Å². The first-order chi connectivity index (χ1) is 7.69. The van der Waals surface area contributed by atoms with Crippen LogP contribution < -0.4 is 16.4 Å². The molecule has 0 spiro atoms. The number of hydrogen-bond donors (Lipinski definition) is 3. The normalized spacial score (nSPS) is 10.1. The number of carbonyl (C=O) groups excluding carboxylic acids is 1. The van der Waals surface area contributed by atoms with Crippen molar-refractivity contribution in [1.82, 2.24) is 10.3 Å². The van der Waals surface area contributed by atoms with E-state index in [0.717, 1.165) is 6.54 Å². The van der Waals surface area contributed by atoms with Gasteiger partial charge in [0.1, 0.15) is 10.7 Å². The molecule has 0 aromatic carbocycles. The molecule has 16 heavy (non-hydrogen) atoms. The van der Waals surface area contributed by atoms with Gasteiger partial charge in [0.05, 0.1) is 6.61 Å². The molecule has 4 N–H and O–H groups in total. The molecule has 0 radical (unpaired) electrons. The van der Waals surface area contributed by atoms with E-state index in [2.05, 4.69) is 15.6 Å². The first-order valence-corrected chi connectivity index (χ1v) is 5.78. The lowest BCUT2D eigenvalue weighted by atomic mass is 10.4. The average molecular weight is 244 g/mol. The van der Waals surface area contributed by atoms with Gasteiger partial charge in [-0.1, -0.05) is 11.3 Å². The highest BCUT2D eigenvalue weighted by molar-refractivity contribution is 7.18. The summed E-state index contributed by atoms with van der Waals surface area (Å²) < 4.78 is 4.83. The molecule has 1 heterocycles. The van der Waals surface area contributed by atoms with E-state index in [1.54, 1.807) is 7.11 Å². The maximum absolute atomic E-state index is 11.7. The first-order valence-electron chi connectivity index (χ1n) is 4.96. The summed E-state index contributed by atoms with van der Waals surface area (Å²) in [6.07, 6.45) is 0. The quantitative estimate of drug-likeness (QED) is 0.635. The molecule has 0 unspecified atom stereocenters. The van der Waals surface area contributed by atoms with Crippen molar-refractivity contribution < 1.29 is 9.53 Å². The molecule has 1 aromatic rings. The Labute approximate surface area is 98.2 Å². The van der Waals surface area contributed by atoms with Gasteiger partial charge in [0, 0.05) is 20.2 Å².